The van der Waals surface area contributed by atoms with E-state index in [4.69, 9.17) is 0 Å². The van der Waals surface area contributed by atoms with Crippen LogP contribution in [0.4, 0.5) is 8.78 Å². The normalized spacial score (nSPS) is 10.3. The molecule has 0 bridgehead atoms. The molecule has 0 aromatic heterocycles. The molecule has 0 N–H and O–H groups in total. The van der Waals surface area contributed by atoms with Crippen molar-refractivity contribution in [1.29, 1.82) is 0 Å². The number of carbonyl (C=O) groups is 1. The highest BCUT2D eigenvalue weighted by molar-refractivity contribution is 5.96. The molecule has 0 unspecified atom stereocenters. The van der Waals surface area contributed by atoms with Gasteiger partial charge in [-0.2, -0.15) is 8.78 Å². The molecule has 0 radical (unpaired) electrons. The fourth-order valence-electron chi connectivity index (χ4n) is 1.29. The second kappa shape index (κ2) is 8.00. The lowest BCUT2D eigenvalue weighted by atomic mass is 10.1. The zero-order chi connectivity index (χ0) is 12.8. The third kappa shape index (κ3) is 5.93. The predicted molar refractivity (Wildman–Crippen MR) is 67.8 cm³/mol. The number of ketones is 1. The molecule has 102 valence electrons. The topological polar surface area (TPSA) is 29.5 Å². The molecule has 0 fully saturated rings. The van der Waals surface area contributed by atoms with Crippen LogP contribution >= 0.6 is 12.4 Å². The summed E-state index contributed by atoms with van der Waals surface area (Å²) in [7, 11) is 3.76. The first kappa shape index (κ1) is 16.8. The minimum atomic E-state index is -2.84. The standard InChI is InChI=1S/C12H15F2NO2.ClH/c1-15(2)8-7-11(16)9-3-5-10(6-4-9)17-12(13)14;/h3-6,12H,7-8H2,1-2H3;1H. The molecule has 0 aliphatic heterocycles. The molecule has 3 nitrogen and oxygen atoms in total. The van der Waals surface area contributed by atoms with Crippen molar-refractivity contribution in [2.24, 2.45) is 0 Å². The van der Waals surface area contributed by atoms with Gasteiger partial charge in [0.2, 0.25) is 0 Å². The summed E-state index contributed by atoms with van der Waals surface area (Å²) in [4.78, 5) is 13.6. The summed E-state index contributed by atoms with van der Waals surface area (Å²) < 4.78 is 28.0. The van der Waals surface area contributed by atoms with Gasteiger partial charge in [0.15, 0.2) is 5.78 Å². The third-order valence-electron chi connectivity index (χ3n) is 2.19. The first-order valence-electron chi connectivity index (χ1n) is 5.22. The van der Waals surface area contributed by atoms with Crippen molar-refractivity contribution in [3.63, 3.8) is 0 Å². The largest absolute Gasteiger partial charge is 0.435 e. The maximum Gasteiger partial charge on any atom is 0.387 e. The van der Waals surface area contributed by atoms with E-state index in [1.54, 1.807) is 0 Å². The Balaban J connectivity index is 0.00000289. The number of ether oxygens (including phenoxy) is 1. The van der Waals surface area contributed by atoms with Crippen molar-refractivity contribution in [3.8, 4) is 5.75 Å². The fourth-order valence-corrected chi connectivity index (χ4v) is 1.29. The molecule has 0 aliphatic rings. The Labute approximate surface area is 111 Å². The quantitative estimate of drug-likeness (QED) is 0.750. The summed E-state index contributed by atoms with van der Waals surface area (Å²) in [6, 6.07) is 5.73. The molecule has 18 heavy (non-hydrogen) atoms. The molecular weight excluding hydrogens is 264 g/mol. The average molecular weight is 280 g/mol. The van der Waals surface area contributed by atoms with Crippen LogP contribution in [0, 0.1) is 0 Å². The van der Waals surface area contributed by atoms with E-state index in [1.165, 1.54) is 24.3 Å². The van der Waals surface area contributed by atoms with E-state index in [2.05, 4.69) is 4.74 Å². The van der Waals surface area contributed by atoms with Crippen LogP contribution in [0.1, 0.15) is 16.8 Å². The van der Waals surface area contributed by atoms with Gasteiger partial charge in [0, 0.05) is 18.5 Å². The summed E-state index contributed by atoms with van der Waals surface area (Å²) in [5.74, 6) is 0.0476. The lowest BCUT2D eigenvalue weighted by molar-refractivity contribution is -0.0498. The van der Waals surface area contributed by atoms with Crippen LogP contribution in [0.5, 0.6) is 5.75 Å². The molecule has 0 aliphatic carbocycles. The van der Waals surface area contributed by atoms with Gasteiger partial charge in [0.1, 0.15) is 5.75 Å². The number of hydrogen-bond donors (Lipinski definition) is 0. The number of benzene rings is 1. The average Bonchev–Trinajstić information content (AvgIpc) is 2.26. The summed E-state index contributed by atoms with van der Waals surface area (Å²) in [6.07, 6.45) is 0.405. The second-order valence-corrected chi connectivity index (χ2v) is 3.88. The first-order valence-corrected chi connectivity index (χ1v) is 5.22. The van der Waals surface area contributed by atoms with Crippen molar-refractivity contribution >= 4 is 18.2 Å². The Hall–Kier alpha value is -1.20. The highest BCUT2D eigenvalue weighted by Gasteiger charge is 2.08. The Morgan fingerprint density at radius 3 is 2.28 bits per heavy atom. The summed E-state index contributed by atoms with van der Waals surface area (Å²) >= 11 is 0. The van der Waals surface area contributed by atoms with Gasteiger partial charge in [0.25, 0.3) is 0 Å². The molecule has 6 heteroatoms. The molecule has 0 saturated carbocycles. The van der Waals surface area contributed by atoms with Crippen LogP contribution in [0.15, 0.2) is 24.3 Å². The van der Waals surface area contributed by atoms with Crippen LogP contribution in [-0.4, -0.2) is 37.9 Å². The van der Waals surface area contributed by atoms with Crippen molar-refractivity contribution in [1.82, 2.24) is 4.90 Å². The van der Waals surface area contributed by atoms with Crippen molar-refractivity contribution in [3.05, 3.63) is 29.8 Å². The zero-order valence-corrected chi connectivity index (χ0v) is 11.0. The van der Waals surface area contributed by atoms with E-state index >= 15 is 0 Å². The van der Waals surface area contributed by atoms with Crippen LogP contribution in [-0.2, 0) is 0 Å². The summed E-state index contributed by atoms with van der Waals surface area (Å²) in [6.45, 7) is -2.18. The molecule has 1 rings (SSSR count). The maximum atomic E-state index is 11.9. The molecule has 1 aromatic rings. The van der Waals surface area contributed by atoms with Crippen LogP contribution in [0.2, 0.25) is 0 Å². The zero-order valence-electron chi connectivity index (χ0n) is 10.2. The SMILES string of the molecule is CN(C)CCC(=O)c1ccc(OC(F)F)cc1.Cl. The van der Waals surface area contributed by atoms with Gasteiger partial charge in [-0.3, -0.25) is 4.79 Å². The number of alkyl halides is 2. The molecule has 0 spiro atoms. The number of carbonyl (C=O) groups excluding carboxylic acids is 1. The van der Waals surface area contributed by atoms with E-state index in [-0.39, 0.29) is 23.9 Å². The van der Waals surface area contributed by atoms with Gasteiger partial charge in [0.05, 0.1) is 0 Å². The van der Waals surface area contributed by atoms with E-state index in [0.717, 1.165) is 0 Å². The van der Waals surface area contributed by atoms with Crippen molar-refractivity contribution in [2.75, 3.05) is 20.6 Å². The van der Waals surface area contributed by atoms with Crippen molar-refractivity contribution in [2.45, 2.75) is 13.0 Å². The Bertz CT molecular complexity index is 369. The van der Waals surface area contributed by atoms with Gasteiger partial charge in [-0.25, -0.2) is 0 Å². The van der Waals surface area contributed by atoms with E-state index < -0.39 is 6.61 Å². The van der Waals surface area contributed by atoms with Crippen molar-refractivity contribution < 1.29 is 18.3 Å². The molecule has 1 aromatic carbocycles. The highest BCUT2D eigenvalue weighted by Crippen LogP contribution is 2.15. The van der Waals surface area contributed by atoms with Crippen LogP contribution in [0.25, 0.3) is 0 Å². The van der Waals surface area contributed by atoms with Gasteiger partial charge < -0.3 is 9.64 Å². The number of hydrogen-bond acceptors (Lipinski definition) is 3. The smallest absolute Gasteiger partial charge is 0.387 e. The van der Waals surface area contributed by atoms with Gasteiger partial charge in [-0.05, 0) is 38.4 Å². The van der Waals surface area contributed by atoms with E-state index in [9.17, 15) is 13.6 Å². The minimum absolute atomic E-state index is 0. The Morgan fingerprint density at radius 2 is 1.83 bits per heavy atom. The van der Waals surface area contributed by atoms with Crippen LogP contribution in [0.3, 0.4) is 0 Å². The molecule has 0 amide bonds. The van der Waals surface area contributed by atoms with Gasteiger partial charge in [-0.1, -0.05) is 0 Å². The molecular formula is C12H16ClF2NO2. The Morgan fingerprint density at radius 1 is 1.28 bits per heavy atom. The van der Waals surface area contributed by atoms with Gasteiger partial charge >= 0.3 is 6.61 Å². The molecule has 0 atom stereocenters. The fraction of sp³-hybridized carbons (Fsp3) is 0.417. The maximum absolute atomic E-state index is 11.9. The lowest BCUT2D eigenvalue weighted by Gasteiger charge is -2.09. The molecule has 0 saturated heterocycles. The number of nitrogens with zero attached hydrogens (tertiary/aromatic N) is 1. The predicted octanol–water partition coefficient (Wildman–Crippen LogP) is 2.84. The minimum Gasteiger partial charge on any atom is -0.435 e. The second-order valence-electron chi connectivity index (χ2n) is 3.88. The number of halogens is 3. The Kier molecular flexibility index (Phi) is 7.47. The van der Waals surface area contributed by atoms with Gasteiger partial charge in [-0.15, -0.1) is 12.4 Å². The van der Waals surface area contributed by atoms with E-state index in [0.29, 0.717) is 18.5 Å². The molecule has 0 heterocycles. The summed E-state index contributed by atoms with van der Waals surface area (Å²) in [5, 5.41) is 0. The lowest BCUT2D eigenvalue weighted by Crippen LogP contribution is -2.16. The highest BCUT2D eigenvalue weighted by atomic mass is 35.5. The number of rotatable bonds is 6. The third-order valence-corrected chi connectivity index (χ3v) is 2.19. The first-order chi connectivity index (χ1) is 7.99. The van der Waals surface area contributed by atoms with E-state index in [1.807, 2.05) is 19.0 Å². The monoisotopic (exact) mass is 279 g/mol. The number of Topliss-reactive ketones (excluding diaryl/α,β-unsaturated/α-hetero) is 1. The van der Waals surface area contributed by atoms with Crippen LogP contribution < -0.4 is 4.74 Å². The summed E-state index contributed by atoms with van der Waals surface area (Å²) in [5.41, 5.74) is 0.508.